The number of rotatable bonds is 6. The number of nitrogens with one attached hydrogen (secondary N) is 1. The van der Waals surface area contributed by atoms with Crippen LogP contribution < -0.4 is 0 Å². The van der Waals surface area contributed by atoms with Gasteiger partial charge in [0.05, 0.1) is 5.52 Å². The van der Waals surface area contributed by atoms with Gasteiger partial charge in [0.2, 0.25) is 0 Å². The van der Waals surface area contributed by atoms with Gasteiger partial charge < -0.3 is 4.98 Å². The number of aromatic amines is 1. The minimum atomic E-state index is 0.597. The van der Waals surface area contributed by atoms with Crippen molar-refractivity contribution in [2.24, 2.45) is 0 Å². The van der Waals surface area contributed by atoms with Crippen molar-refractivity contribution < 1.29 is 0 Å². The summed E-state index contributed by atoms with van der Waals surface area (Å²) in [7, 11) is 0. The molecule has 0 fully saturated rings. The molecule has 7 nitrogen and oxygen atoms in total. The van der Waals surface area contributed by atoms with Crippen molar-refractivity contribution in [1.29, 1.82) is 0 Å². The van der Waals surface area contributed by atoms with E-state index in [1.54, 1.807) is 0 Å². The van der Waals surface area contributed by atoms with Crippen molar-refractivity contribution in [3.8, 4) is 56.9 Å². The molecule has 0 aliphatic heterocycles. The second-order valence-electron chi connectivity index (χ2n) is 13.7. The third kappa shape index (κ3) is 5.13. The van der Waals surface area contributed by atoms with E-state index in [0.29, 0.717) is 17.5 Å². The largest absolute Gasteiger partial charge is 0.354 e. The van der Waals surface area contributed by atoms with Crippen molar-refractivity contribution in [1.82, 2.24) is 34.1 Å². The number of para-hydroxylation sites is 2. The fraction of sp³-hybridized carbons (Fsp3) is 0. The highest BCUT2D eigenvalue weighted by Gasteiger charge is 2.24. The summed E-state index contributed by atoms with van der Waals surface area (Å²) in [6, 6.07) is 62.6. The van der Waals surface area contributed by atoms with Crippen LogP contribution in [0.5, 0.6) is 0 Å². The monoisotopic (exact) mass is 705 g/mol. The third-order valence-electron chi connectivity index (χ3n) is 10.3. The number of aromatic nitrogens is 7. The maximum absolute atomic E-state index is 5.49. The van der Waals surface area contributed by atoms with Gasteiger partial charge in [-0.15, -0.1) is 0 Å². The summed E-state index contributed by atoms with van der Waals surface area (Å²) in [4.78, 5) is 24.2. The molecule has 0 atom stereocenters. The van der Waals surface area contributed by atoms with Gasteiger partial charge in [-0.05, 0) is 42.5 Å². The summed E-state index contributed by atoms with van der Waals surface area (Å²) in [5, 5.41) is 3.47. The average molecular weight is 706 g/mol. The number of hydrogen-bond donors (Lipinski definition) is 1. The SMILES string of the molecule is c1ccc(-c2nc(-c3ccccc3)nc(-c3cccc(-n4c5cc6[nH]c7ccccc7c6cc5c5c4nc(-c4ccccc4)n5-c4ccccc4)c3)n2)cc1. The number of benzene rings is 7. The summed E-state index contributed by atoms with van der Waals surface area (Å²) in [6.07, 6.45) is 0. The van der Waals surface area contributed by atoms with E-state index >= 15 is 0 Å². The van der Waals surface area contributed by atoms with Crippen molar-refractivity contribution in [3.63, 3.8) is 0 Å². The number of H-pyrrole nitrogens is 1. The molecule has 4 aromatic heterocycles. The van der Waals surface area contributed by atoms with Gasteiger partial charge in [0.25, 0.3) is 0 Å². The fourth-order valence-corrected chi connectivity index (χ4v) is 7.77. The molecule has 0 amide bonds. The molecule has 11 rings (SSSR count). The summed E-state index contributed by atoms with van der Waals surface area (Å²) >= 11 is 0. The summed E-state index contributed by atoms with van der Waals surface area (Å²) < 4.78 is 4.58. The second-order valence-corrected chi connectivity index (χ2v) is 13.7. The number of imidazole rings is 1. The molecular formula is C48H31N7. The van der Waals surface area contributed by atoms with Crippen LogP contribution in [0.3, 0.4) is 0 Å². The van der Waals surface area contributed by atoms with Gasteiger partial charge in [-0.1, -0.05) is 140 Å². The summed E-state index contributed by atoms with van der Waals surface area (Å²) in [6.45, 7) is 0. The highest BCUT2D eigenvalue weighted by atomic mass is 15.2. The lowest BCUT2D eigenvalue weighted by atomic mass is 10.1. The van der Waals surface area contributed by atoms with E-state index in [1.165, 1.54) is 10.8 Å². The van der Waals surface area contributed by atoms with Crippen LogP contribution in [-0.4, -0.2) is 34.1 Å². The van der Waals surface area contributed by atoms with Gasteiger partial charge in [0.15, 0.2) is 23.1 Å². The molecule has 4 heterocycles. The van der Waals surface area contributed by atoms with Crippen molar-refractivity contribution in [3.05, 3.63) is 182 Å². The van der Waals surface area contributed by atoms with E-state index in [2.05, 4.69) is 129 Å². The molecule has 1 N–H and O–H groups in total. The van der Waals surface area contributed by atoms with Crippen LogP contribution in [0, 0.1) is 0 Å². The van der Waals surface area contributed by atoms with E-state index in [9.17, 15) is 0 Å². The van der Waals surface area contributed by atoms with Gasteiger partial charge in [0, 0.05) is 60.8 Å². The minimum Gasteiger partial charge on any atom is -0.354 e. The summed E-state index contributed by atoms with van der Waals surface area (Å²) in [5.41, 5.74) is 10.9. The Morgan fingerprint density at radius 3 is 1.58 bits per heavy atom. The maximum atomic E-state index is 5.49. The van der Waals surface area contributed by atoms with Crippen LogP contribution in [0.4, 0.5) is 0 Å². The van der Waals surface area contributed by atoms with Crippen LogP contribution in [-0.2, 0) is 0 Å². The molecule has 7 heteroatoms. The van der Waals surface area contributed by atoms with Crippen molar-refractivity contribution in [2.75, 3.05) is 0 Å². The zero-order valence-electron chi connectivity index (χ0n) is 29.5. The number of nitrogens with zero attached hydrogens (tertiary/aromatic N) is 6. The molecule has 0 bridgehead atoms. The predicted octanol–water partition coefficient (Wildman–Crippen LogP) is 11.5. The first-order valence-electron chi connectivity index (χ1n) is 18.3. The molecule has 0 saturated carbocycles. The van der Waals surface area contributed by atoms with E-state index < -0.39 is 0 Å². The topological polar surface area (TPSA) is 77.2 Å². The molecule has 0 saturated heterocycles. The molecule has 0 radical (unpaired) electrons. The van der Waals surface area contributed by atoms with Gasteiger partial charge in [-0.3, -0.25) is 9.13 Å². The molecular weight excluding hydrogens is 675 g/mol. The van der Waals surface area contributed by atoms with Crippen LogP contribution in [0.1, 0.15) is 0 Å². The second kappa shape index (κ2) is 12.5. The highest BCUT2D eigenvalue weighted by molar-refractivity contribution is 6.17. The standard InChI is InChI=1S/C48H31N7/c1-5-16-31(17-6-1)44-50-45(32-18-7-2-8-19-32)52-46(51-44)34-22-15-25-36(28-34)54-42-30-41-38(37-26-13-14-27-40(37)49-41)29-39(42)43-48(54)53-47(33-20-9-3-10-21-33)55(43)35-23-11-4-12-24-35/h1-30,49H. The predicted molar refractivity (Wildman–Crippen MR) is 222 cm³/mol. The molecule has 11 aromatic rings. The van der Waals surface area contributed by atoms with Crippen LogP contribution in [0.2, 0.25) is 0 Å². The van der Waals surface area contributed by atoms with Crippen LogP contribution >= 0.6 is 0 Å². The maximum Gasteiger partial charge on any atom is 0.165 e. The minimum absolute atomic E-state index is 0.597. The Bertz CT molecular complexity index is 3120. The first-order chi connectivity index (χ1) is 27.3. The van der Waals surface area contributed by atoms with Crippen molar-refractivity contribution in [2.45, 2.75) is 0 Å². The lowest BCUT2D eigenvalue weighted by Gasteiger charge is -2.11. The quantitative estimate of drug-likeness (QED) is 0.187. The smallest absolute Gasteiger partial charge is 0.165 e. The van der Waals surface area contributed by atoms with E-state index in [0.717, 1.165) is 72.6 Å². The zero-order valence-corrected chi connectivity index (χ0v) is 29.5. The van der Waals surface area contributed by atoms with Gasteiger partial charge >= 0.3 is 0 Å². The average Bonchev–Trinajstić information content (AvgIpc) is 3.92. The van der Waals surface area contributed by atoms with Gasteiger partial charge in [0.1, 0.15) is 11.3 Å². The zero-order chi connectivity index (χ0) is 36.3. The van der Waals surface area contributed by atoms with Crippen LogP contribution in [0.25, 0.3) is 101 Å². The van der Waals surface area contributed by atoms with E-state index in [-0.39, 0.29) is 0 Å². The molecule has 7 aromatic carbocycles. The lowest BCUT2D eigenvalue weighted by molar-refractivity contribution is 1.07. The van der Waals surface area contributed by atoms with Crippen molar-refractivity contribution >= 4 is 43.9 Å². The molecule has 0 aliphatic carbocycles. The van der Waals surface area contributed by atoms with E-state index in [4.69, 9.17) is 19.9 Å². The Hall–Kier alpha value is -7.64. The number of fused-ring (bicyclic) bond motifs is 6. The highest BCUT2D eigenvalue weighted by Crippen LogP contribution is 2.41. The number of hydrogen-bond acceptors (Lipinski definition) is 4. The fourth-order valence-electron chi connectivity index (χ4n) is 7.77. The normalized spacial score (nSPS) is 11.6. The molecule has 0 spiro atoms. The summed E-state index contributed by atoms with van der Waals surface area (Å²) in [5.74, 6) is 2.72. The first kappa shape index (κ1) is 30.9. The van der Waals surface area contributed by atoms with Gasteiger partial charge in [-0.2, -0.15) is 0 Å². The Labute approximate surface area is 315 Å². The molecule has 258 valence electrons. The molecule has 0 aliphatic rings. The Kier molecular flexibility index (Phi) is 7.03. The van der Waals surface area contributed by atoms with Gasteiger partial charge in [-0.25, -0.2) is 19.9 Å². The Morgan fingerprint density at radius 2 is 0.909 bits per heavy atom. The molecule has 55 heavy (non-hydrogen) atoms. The Balaban J connectivity index is 1.20. The van der Waals surface area contributed by atoms with E-state index in [1.807, 2.05) is 66.7 Å². The van der Waals surface area contributed by atoms with Crippen LogP contribution in [0.15, 0.2) is 182 Å². The first-order valence-corrected chi connectivity index (χ1v) is 18.3. The lowest BCUT2D eigenvalue weighted by Crippen LogP contribution is -2.01. The molecule has 0 unspecified atom stereocenters. The Morgan fingerprint density at radius 1 is 0.364 bits per heavy atom. The third-order valence-corrected chi connectivity index (χ3v) is 10.3.